The van der Waals surface area contributed by atoms with Crippen molar-refractivity contribution in [3.05, 3.63) is 58.1 Å². The first kappa shape index (κ1) is 18.1. The van der Waals surface area contributed by atoms with Gasteiger partial charge in [-0.1, -0.05) is 23.2 Å². The second-order valence-electron chi connectivity index (χ2n) is 4.98. The van der Waals surface area contributed by atoms with Gasteiger partial charge in [-0.05, 0) is 49.4 Å². The molecule has 2 rings (SSSR count). The lowest BCUT2D eigenvalue weighted by Crippen LogP contribution is -2.30. The van der Waals surface area contributed by atoms with Crippen LogP contribution in [0.25, 0.3) is 0 Å². The zero-order valence-electron chi connectivity index (χ0n) is 13.1. The van der Waals surface area contributed by atoms with Gasteiger partial charge >= 0.3 is 0 Å². The minimum Gasteiger partial charge on any atom is -0.479 e. The molecular formula is C17H16Cl2N2O3. The molecule has 5 nitrogen and oxygen atoms in total. The standard InChI is InChI=1S/C17H16Cl2N2O3/c1-10(24-15-8-5-12(18)9-14(15)19)16(22)21-13-6-3-11(4-7-13)17(23)20-2/h3-10H,1-2H3,(H,20,23)(H,21,22). The number of anilines is 1. The van der Waals surface area contributed by atoms with Crippen LogP contribution in [-0.4, -0.2) is 25.0 Å². The average Bonchev–Trinajstić information content (AvgIpc) is 2.57. The molecule has 2 aromatic rings. The first-order valence-corrected chi connectivity index (χ1v) is 7.91. The van der Waals surface area contributed by atoms with Crippen LogP contribution in [0.5, 0.6) is 5.75 Å². The molecule has 0 saturated carbocycles. The number of carbonyl (C=O) groups excluding carboxylic acids is 2. The van der Waals surface area contributed by atoms with Gasteiger partial charge in [-0.15, -0.1) is 0 Å². The van der Waals surface area contributed by atoms with Gasteiger partial charge in [-0.3, -0.25) is 9.59 Å². The van der Waals surface area contributed by atoms with Gasteiger partial charge in [0.15, 0.2) is 6.10 Å². The van der Waals surface area contributed by atoms with Crippen molar-refractivity contribution in [3.8, 4) is 5.75 Å². The van der Waals surface area contributed by atoms with E-state index in [0.29, 0.717) is 27.0 Å². The molecule has 0 aliphatic carbocycles. The summed E-state index contributed by atoms with van der Waals surface area (Å²) >= 11 is 11.8. The van der Waals surface area contributed by atoms with E-state index in [9.17, 15) is 9.59 Å². The maximum Gasteiger partial charge on any atom is 0.265 e. The predicted molar refractivity (Wildman–Crippen MR) is 95.0 cm³/mol. The fraction of sp³-hybridized carbons (Fsp3) is 0.176. The number of carbonyl (C=O) groups is 2. The van der Waals surface area contributed by atoms with E-state index in [2.05, 4.69) is 10.6 Å². The predicted octanol–water partition coefficient (Wildman–Crippen LogP) is 3.76. The molecule has 1 unspecified atom stereocenters. The van der Waals surface area contributed by atoms with Crippen molar-refractivity contribution in [2.24, 2.45) is 0 Å². The number of hydrogen-bond acceptors (Lipinski definition) is 3. The highest BCUT2D eigenvalue weighted by Crippen LogP contribution is 2.28. The quantitative estimate of drug-likeness (QED) is 0.846. The maximum atomic E-state index is 12.2. The summed E-state index contributed by atoms with van der Waals surface area (Å²) in [5, 5.41) is 6.06. The minimum atomic E-state index is -0.762. The molecule has 1 atom stereocenters. The molecule has 0 aliphatic rings. The maximum absolute atomic E-state index is 12.2. The van der Waals surface area contributed by atoms with Gasteiger partial charge in [-0.2, -0.15) is 0 Å². The second-order valence-corrected chi connectivity index (χ2v) is 5.82. The van der Waals surface area contributed by atoms with Crippen LogP contribution >= 0.6 is 23.2 Å². The molecule has 0 aromatic heterocycles. The highest BCUT2D eigenvalue weighted by atomic mass is 35.5. The van der Waals surface area contributed by atoms with E-state index in [0.717, 1.165) is 0 Å². The van der Waals surface area contributed by atoms with Crippen LogP contribution in [0.4, 0.5) is 5.69 Å². The van der Waals surface area contributed by atoms with Crippen LogP contribution < -0.4 is 15.4 Å². The topological polar surface area (TPSA) is 67.4 Å². The summed E-state index contributed by atoms with van der Waals surface area (Å²) in [5.41, 5.74) is 1.07. The Balaban J connectivity index is 1.99. The van der Waals surface area contributed by atoms with Gasteiger partial charge in [0, 0.05) is 23.3 Å². The highest BCUT2D eigenvalue weighted by Gasteiger charge is 2.16. The van der Waals surface area contributed by atoms with E-state index < -0.39 is 6.10 Å². The monoisotopic (exact) mass is 366 g/mol. The lowest BCUT2D eigenvalue weighted by Gasteiger charge is -2.16. The Kier molecular flexibility index (Phi) is 6.06. The smallest absolute Gasteiger partial charge is 0.265 e. The van der Waals surface area contributed by atoms with E-state index in [-0.39, 0.29) is 11.8 Å². The largest absolute Gasteiger partial charge is 0.479 e. The van der Waals surface area contributed by atoms with Crippen molar-refractivity contribution in [3.63, 3.8) is 0 Å². The Morgan fingerprint density at radius 2 is 1.75 bits per heavy atom. The molecule has 7 heteroatoms. The molecule has 0 spiro atoms. The number of benzene rings is 2. The van der Waals surface area contributed by atoms with E-state index >= 15 is 0 Å². The third-order valence-electron chi connectivity index (χ3n) is 3.21. The zero-order chi connectivity index (χ0) is 17.7. The van der Waals surface area contributed by atoms with E-state index in [1.165, 1.54) is 0 Å². The fourth-order valence-corrected chi connectivity index (χ4v) is 2.36. The van der Waals surface area contributed by atoms with Crippen LogP contribution in [0.1, 0.15) is 17.3 Å². The summed E-state index contributed by atoms with van der Waals surface area (Å²) in [7, 11) is 1.55. The Labute approximate surface area is 149 Å². The number of amides is 2. The SMILES string of the molecule is CNC(=O)c1ccc(NC(=O)C(C)Oc2ccc(Cl)cc2Cl)cc1. The van der Waals surface area contributed by atoms with Crippen molar-refractivity contribution >= 4 is 40.7 Å². The summed E-state index contributed by atoms with van der Waals surface area (Å²) in [4.78, 5) is 23.7. The third-order valence-corrected chi connectivity index (χ3v) is 3.74. The van der Waals surface area contributed by atoms with Crippen molar-refractivity contribution < 1.29 is 14.3 Å². The van der Waals surface area contributed by atoms with Crippen LogP contribution in [0.3, 0.4) is 0 Å². The van der Waals surface area contributed by atoms with Crippen LogP contribution in [0.2, 0.25) is 10.0 Å². The van der Waals surface area contributed by atoms with Gasteiger partial charge in [0.05, 0.1) is 5.02 Å². The normalized spacial score (nSPS) is 11.5. The molecule has 0 aliphatic heterocycles. The molecule has 0 radical (unpaired) electrons. The molecule has 2 N–H and O–H groups in total. The second kappa shape index (κ2) is 8.04. The number of nitrogens with one attached hydrogen (secondary N) is 2. The molecule has 2 amide bonds. The van der Waals surface area contributed by atoms with E-state index in [1.807, 2.05) is 0 Å². The fourth-order valence-electron chi connectivity index (χ4n) is 1.91. The first-order valence-electron chi connectivity index (χ1n) is 7.15. The zero-order valence-corrected chi connectivity index (χ0v) is 14.6. The van der Waals surface area contributed by atoms with Gasteiger partial charge in [0.25, 0.3) is 11.8 Å². The van der Waals surface area contributed by atoms with Gasteiger partial charge < -0.3 is 15.4 Å². The van der Waals surface area contributed by atoms with Gasteiger partial charge in [0.1, 0.15) is 5.75 Å². The van der Waals surface area contributed by atoms with Crippen LogP contribution in [0, 0.1) is 0 Å². The molecule has 0 fully saturated rings. The average molecular weight is 367 g/mol. The summed E-state index contributed by atoms with van der Waals surface area (Å²) < 4.78 is 5.55. The molecule has 0 saturated heterocycles. The molecule has 24 heavy (non-hydrogen) atoms. The molecule has 2 aromatic carbocycles. The Hall–Kier alpha value is -2.24. The summed E-state index contributed by atoms with van der Waals surface area (Å²) in [6, 6.07) is 11.3. The molecule has 0 heterocycles. The molecule has 126 valence electrons. The van der Waals surface area contributed by atoms with Crippen molar-refractivity contribution in [2.45, 2.75) is 13.0 Å². The number of rotatable bonds is 5. The summed E-state index contributed by atoms with van der Waals surface area (Å²) in [6.07, 6.45) is -0.762. The van der Waals surface area contributed by atoms with E-state index in [1.54, 1.807) is 56.4 Å². The van der Waals surface area contributed by atoms with E-state index in [4.69, 9.17) is 27.9 Å². The Morgan fingerprint density at radius 1 is 1.08 bits per heavy atom. The van der Waals surface area contributed by atoms with Gasteiger partial charge in [-0.25, -0.2) is 0 Å². The summed E-state index contributed by atoms with van der Waals surface area (Å²) in [5.74, 6) is -0.158. The third kappa shape index (κ3) is 4.63. The highest BCUT2D eigenvalue weighted by molar-refractivity contribution is 6.35. The number of ether oxygens (including phenoxy) is 1. The molecule has 0 bridgehead atoms. The first-order chi connectivity index (χ1) is 11.4. The molecular weight excluding hydrogens is 351 g/mol. The lowest BCUT2D eigenvalue weighted by atomic mass is 10.2. The minimum absolute atomic E-state index is 0.193. The van der Waals surface area contributed by atoms with Crippen LogP contribution in [0.15, 0.2) is 42.5 Å². The number of hydrogen-bond donors (Lipinski definition) is 2. The van der Waals surface area contributed by atoms with Crippen molar-refractivity contribution in [2.75, 3.05) is 12.4 Å². The Bertz CT molecular complexity index is 748. The number of halogens is 2. The van der Waals surface area contributed by atoms with Crippen LogP contribution in [-0.2, 0) is 4.79 Å². The summed E-state index contributed by atoms with van der Waals surface area (Å²) in [6.45, 7) is 1.61. The Morgan fingerprint density at radius 3 is 2.33 bits per heavy atom. The lowest BCUT2D eigenvalue weighted by molar-refractivity contribution is -0.122. The van der Waals surface area contributed by atoms with Gasteiger partial charge in [0.2, 0.25) is 0 Å². The van der Waals surface area contributed by atoms with Crippen molar-refractivity contribution in [1.29, 1.82) is 0 Å². The van der Waals surface area contributed by atoms with Crippen molar-refractivity contribution in [1.82, 2.24) is 5.32 Å².